The Morgan fingerprint density at radius 1 is 1.32 bits per heavy atom. The standard InChI is InChI=1S/C14H17ClN2O2/c1-10(18)11-5-7-17(8-6-11)14(19)16-13-4-2-3-12(15)9-13/h2-4,9,11H,5-8H2,1H3,(H,16,19). The number of carbonyl (C=O) groups is 2. The van der Waals surface area contributed by atoms with E-state index in [1.807, 2.05) is 0 Å². The van der Waals surface area contributed by atoms with Crippen molar-refractivity contribution < 1.29 is 9.59 Å². The molecule has 1 fully saturated rings. The second kappa shape index (κ2) is 6.06. The molecule has 0 spiro atoms. The molecule has 1 aliphatic rings. The summed E-state index contributed by atoms with van der Waals surface area (Å²) in [6.45, 7) is 2.86. The van der Waals surface area contributed by atoms with E-state index in [4.69, 9.17) is 11.6 Å². The van der Waals surface area contributed by atoms with Crippen molar-refractivity contribution in [1.82, 2.24) is 4.90 Å². The Morgan fingerprint density at radius 2 is 2.00 bits per heavy atom. The fourth-order valence-electron chi connectivity index (χ4n) is 2.26. The lowest BCUT2D eigenvalue weighted by atomic mass is 9.93. The van der Waals surface area contributed by atoms with Crippen LogP contribution in [-0.4, -0.2) is 29.8 Å². The third-order valence-corrected chi connectivity index (χ3v) is 3.67. The number of amides is 2. The van der Waals surface area contributed by atoms with Crippen LogP contribution in [0.4, 0.5) is 10.5 Å². The van der Waals surface area contributed by atoms with Crippen molar-refractivity contribution in [2.75, 3.05) is 18.4 Å². The van der Waals surface area contributed by atoms with Crippen molar-refractivity contribution in [3.05, 3.63) is 29.3 Å². The molecule has 102 valence electrons. The van der Waals surface area contributed by atoms with Gasteiger partial charge in [0.05, 0.1) is 0 Å². The van der Waals surface area contributed by atoms with Gasteiger partial charge in [0.2, 0.25) is 0 Å². The third-order valence-electron chi connectivity index (χ3n) is 3.43. The molecule has 0 bridgehead atoms. The van der Waals surface area contributed by atoms with Gasteiger partial charge in [-0.1, -0.05) is 17.7 Å². The van der Waals surface area contributed by atoms with Crippen LogP contribution in [0.25, 0.3) is 0 Å². The Bertz CT molecular complexity index is 482. The van der Waals surface area contributed by atoms with E-state index in [0.717, 1.165) is 12.8 Å². The first-order valence-electron chi connectivity index (χ1n) is 6.38. The summed E-state index contributed by atoms with van der Waals surface area (Å²) in [5, 5.41) is 3.40. The molecule has 1 heterocycles. The molecule has 1 N–H and O–H groups in total. The van der Waals surface area contributed by atoms with Crippen LogP contribution in [0.3, 0.4) is 0 Å². The Morgan fingerprint density at radius 3 is 2.58 bits per heavy atom. The third kappa shape index (κ3) is 3.70. The monoisotopic (exact) mass is 280 g/mol. The summed E-state index contributed by atoms with van der Waals surface area (Å²) in [7, 11) is 0. The molecule has 19 heavy (non-hydrogen) atoms. The predicted molar refractivity (Wildman–Crippen MR) is 75.4 cm³/mol. The summed E-state index contributed by atoms with van der Waals surface area (Å²) in [4.78, 5) is 25.0. The lowest BCUT2D eigenvalue weighted by Crippen LogP contribution is -2.42. The first-order chi connectivity index (χ1) is 9.06. The molecule has 4 nitrogen and oxygen atoms in total. The smallest absolute Gasteiger partial charge is 0.321 e. The summed E-state index contributed by atoms with van der Waals surface area (Å²) in [6, 6.07) is 6.92. The molecule has 1 aliphatic heterocycles. The second-order valence-corrected chi connectivity index (χ2v) is 5.25. The number of rotatable bonds is 2. The zero-order valence-electron chi connectivity index (χ0n) is 10.9. The molecule has 2 rings (SSSR count). The van der Waals surface area contributed by atoms with Gasteiger partial charge in [-0.2, -0.15) is 0 Å². The van der Waals surface area contributed by atoms with Crippen molar-refractivity contribution in [3.8, 4) is 0 Å². The van der Waals surface area contributed by atoms with E-state index in [1.54, 1.807) is 36.1 Å². The van der Waals surface area contributed by atoms with Crippen molar-refractivity contribution in [2.24, 2.45) is 5.92 Å². The molecule has 0 unspecified atom stereocenters. The van der Waals surface area contributed by atoms with Crippen molar-refractivity contribution in [2.45, 2.75) is 19.8 Å². The SMILES string of the molecule is CC(=O)C1CCN(C(=O)Nc2cccc(Cl)c2)CC1. The normalized spacial score (nSPS) is 16.2. The van der Waals surface area contributed by atoms with Crippen LogP contribution < -0.4 is 5.32 Å². The van der Waals surface area contributed by atoms with Gasteiger partial charge in [-0.3, -0.25) is 4.79 Å². The van der Waals surface area contributed by atoms with Gasteiger partial charge in [0.1, 0.15) is 5.78 Å². The van der Waals surface area contributed by atoms with Crippen LogP contribution in [0, 0.1) is 5.92 Å². The van der Waals surface area contributed by atoms with Crippen LogP contribution in [0.15, 0.2) is 24.3 Å². The number of hydrogen-bond donors (Lipinski definition) is 1. The quantitative estimate of drug-likeness (QED) is 0.904. The van der Waals surface area contributed by atoms with Gasteiger partial charge in [0.25, 0.3) is 0 Å². The maximum absolute atomic E-state index is 12.0. The minimum absolute atomic E-state index is 0.107. The van der Waals surface area contributed by atoms with E-state index in [1.165, 1.54) is 0 Å². The number of hydrogen-bond acceptors (Lipinski definition) is 2. The zero-order chi connectivity index (χ0) is 13.8. The molecule has 2 amide bonds. The lowest BCUT2D eigenvalue weighted by Gasteiger charge is -2.30. The molecule has 0 aliphatic carbocycles. The van der Waals surface area contributed by atoms with E-state index >= 15 is 0 Å². The zero-order valence-corrected chi connectivity index (χ0v) is 11.6. The number of nitrogens with zero attached hydrogens (tertiary/aromatic N) is 1. The fourth-order valence-corrected chi connectivity index (χ4v) is 2.45. The highest BCUT2D eigenvalue weighted by Crippen LogP contribution is 2.20. The molecular formula is C14H17ClN2O2. The molecule has 1 aromatic carbocycles. The Balaban J connectivity index is 1.90. The van der Waals surface area contributed by atoms with Gasteiger partial charge in [-0.25, -0.2) is 4.79 Å². The molecule has 1 saturated heterocycles. The number of nitrogens with one attached hydrogen (secondary N) is 1. The van der Waals surface area contributed by atoms with Crippen LogP contribution in [-0.2, 0) is 4.79 Å². The topological polar surface area (TPSA) is 49.4 Å². The molecule has 0 atom stereocenters. The van der Waals surface area contributed by atoms with Gasteiger partial charge >= 0.3 is 6.03 Å². The van der Waals surface area contributed by atoms with Crippen LogP contribution in [0.2, 0.25) is 5.02 Å². The summed E-state index contributed by atoms with van der Waals surface area (Å²) >= 11 is 5.87. The molecule has 0 aromatic heterocycles. The van der Waals surface area contributed by atoms with Gasteiger partial charge < -0.3 is 10.2 Å². The maximum atomic E-state index is 12.0. The fraction of sp³-hybridized carbons (Fsp3) is 0.429. The first-order valence-corrected chi connectivity index (χ1v) is 6.76. The molecule has 1 aromatic rings. The van der Waals surface area contributed by atoms with Gasteiger partial charge in [0, 0.05) is 29.7 Å². The Labute approximate surface area is 117 Å². The minimum Gasteiger partial charge on any atom is -0.324 e. The highest BCUT2D eigenvalue weighted by Gasteiger charge is 2.25. The number of anilines is 1. The van der Waals surface area contributed by atoms with Gasteiger partial charge in [0.15, 0.2) is 0 Å². The molecule has 0 radical (unpaired) electrons. The van der Waals surface area contributed by atoms with E-state index < -0.39 is 0 Å². The number of Topliss-reactive ketones (excluding diaryl/α,β-unsaturated/α-hetero) is 1. The first kappa shape index (κ1) is 13.9. The summed E-state index contributed by atoms with van der Waals surface area (Å²) in [6.07, 6.45) is 1.50. The van der Waals surface area contributed by atoms with Crippen molar-refractivity contribution >= 4 is 29.1 Å². The highest BCUT2D eigenvalue weighted by atomic mass is 35.5. The van der Waals surface area contributed by atoms with E-state index in [2.05, 4.69) is 5.32 Å². The van der Waals surface area contributed by atoms with E-state index in [-0.39, 0.29) is 17.7 Å². The van der Waals surface area contributed by atoms with E-state index in [0.29, 0.717) is 23.8 Å². The number of likely N-dealkylation sites (tertiary alicyclic amines) is 1. The summed E-state index contributed by atoms with van der Waals surface area (Å²) in [5.74, 6) is 0.324. The number of halogens is 1. The van der Waals surface area contributed by atoms with Crippen LogP contribution in [0.5, 0.6) is 0 Å². The Hall–Kier alpha value is -1.55. The largest absolute Gasteiger partial charge is 0.324 e. The predicted octanol–water partition coefficient (Wildman–Crippen LogP) is 3.17. The Kier molecular flexibility index (Phi) is 4.43. The average Bonchev–Trinajstić information content (AvgIpc) is 2.39. The molecular weight excluding hydrogens is 264 g/mol. The lowest BCUT2D eigenvalue weighted by molar-refractivity contribution is -0.121. The number of benzene rings is 1. The molecule has 5 heteroatoms. The molecule has 0 saturated carbocycles. The van der Waals surface area contributed by atoms with Crippen LogP contribution >= 0.6 is 11.6 Å². The van der Waals surface area contributed by atoms with Gasteiger partial charge in [-0.15, -0.1) is 0 Å². The summed E-state index contributed by atoms with van der Waals surface area (Å²) < 4.78 is 0. The highest BCUT2D eigenvalue weighted by molar-refractivity contribution is 6.30. The number of piperidine rings is 1. The van der Waals surface area contributed by atoms with Gasteiger partial charge in [-0.05, 0) is 38.0 Å². The second-order valence-electron chi connectivity index (χ2n) is 4.81. The van der Waals surface area contributed by atoms with E-state index in [9.17, 15) is 9.59 Å². The number of urea groups is 1. The maximum Gasteiger partial charge on any atom is 0.321 e. The summed E-state index contributed by atoms with van der Waals surface area (Å²) in [5.41, 5.74) is 0.686. The van der Waals surface area contributed by atoms with Crippen molar-refractivity contribution in [1.29, 1.82) is 0 Å². The average molecular weight is 281 g/mol. The van der Waals surface area contributed by atoms with Crippen molar-refractivity contribution in [3.63, 3.8) is 0 Å². The minimum atomic E-state index is -0.135. The number of ketones is 1. The van der Waals surface area contributed by atoms with Crippen LogP contribution in [0.1, 0.15) is 19.8 Å². The number of carbonyl (C=O) groups excluding carboxylic acids is 2.